The second-order valence-electron chi connectivity index (χ2n) is 9.29. The third kappa shape index (κ3) is 8.84. The zero-order valence-corrected chi connectivity index (χ0v) is 24.0. The van der Waals surface area contributed by atoms with Crippen LogP contribution in [0.2, 0.25) is 0 Å². The number of rotatable bonds is 8. The van der Waals surface area contributed by atoms with Gasteiger partial charge in [-0.1, -0.05) is 85.6 Å². The van der Waals surface area contributed by atoms with Crippen LogP contribution in [0.4, 0.5) is 14.5 Å². The molecule has 0 bridgehead atoms. The number of halogens is 2. The Bertz CT molecular complexity index is 1020. The van der Waals surface area contributed by atoms with Crippen LogP contribution >= 0.6 is 0 Å². The number of benzene rings is 2. The summed E-state index contributed by atoms with van der Waals surface area (Å²) < 4.78 is 24.8. The molecule has 1 heterocycles. The van der Waals surface area contributed by atoms with E-state index in [0.29, 0.717) is 17.9 Å². The summed E-state index contributed by atoms with van der Waals surface area (Å²) >= 11 is 0. The van der Waals surface area contributed by atoms with E-state index in [0.717, 1.165) is 48.7 Å². The summed E-state index contributed by atoms with van der Waals surface area (Å²) in [5, 5.41) is 3.73. The number of para-hydroxylation sites is 1. The van der Waals surface area contributed by atoms with Gasteiger partial charge in [0.1, 0.15) is 17.3 Å². The van der Waals surface area contributed by atoms with Crippen molar-refractivity contribution in [1.29, 1.82) is 0 Å². The average molecular weight is 513 g/mol. The van der Waals surface area contributed by atoms with Crippen molar-refractivity contribution < 1.29 is 13.6 Å². The first kappa shape index (κ1) is 32.1. The van der Waals surface area contributed by atoms with E-state index in [2.05, 4.69) is 45.2 Å². The van der Waals surface area contributed by atoms with Crippen LogP contribution < -0.4 is 5.32 Å². The predicted molar refractivity (Wildman–Crippen MR) is 154 cm³/mol. The maximum absolute atomic E-state index is 13.4. The molecule has 0 unspecified atom stereocenters. The van der Waals surface area contributed by atoms with Crippen LogP contribution in [0.3, 0.4) is 0 Å². The third-order valence-corrected chi connectivity index (χ3v) is 6.02. The fourth-order valence-electron chi connectivity index (χ4n) is 4.47. The maximum atomic E-state index is 13.4. The summed E-state index contributed by atoms with van der Waals surface area (Å²) in [7, 11) is 0. The molecule has 0 fully saturated rings. The van der Waals surface area contributed by atoms with Crippen molar-refractivity contribution >= 4 is 11.6 Å². The summed E-state index contributed by atoms with van der Waals surface area (Å²) in [6.07, 6.45) is 10.8. The van der Waals surface area contributed by atoms with Gasteiger partial charge in [0, 0.05) is 17.5 Å². The molecule has 0 radical (unpaired) electrons. The molecule has 5 heteroatoms. The standard InChI is InChI=1S/C22H32N2O.C8H8F2.C2H6/c1-6-15-22(16-7-2)23-20-12-10-9-11-19(20)21(25)24(22)18(8-3)14-13-17(4)5;1-2-6-3-7(9)5-8(10)4-6;1-2/h8-14,17,23H,6-7,15-16H2,1-5H3;3-5H,2H2,1H3;1-2H3/b14-13-,18-8+;;. The molecule has 0 atom stereocenters. The van der Waals surface area contributed by atoms with Crippen LogP contribution in [0, 0.1) is 17.6 Å². The Balaban J connectivity index is 0.000000475. The van der Waals surface area contributed by atoms with Crippen molar-refractivity contribution in [3.8, 4) is 0 Å². The van der Waals surface area contributed by atoms with Crippen LogP contribution in [0.5, 0.6) is 0 Å². The Hall–Kier alpha value is -2.95. The Morgan fingerprint density at radius 1 is 1.00 bits per heavy atom. The number of amides is 1. The van der Waals surface area contributed by atoms with E-state index in [1.54, 1.807) is 0 Å². The van der Waals surface area contributed by atoms with Crippen molar-refractivity contribution in [1.82, 2.24) is 4.90 Å². The van der Waals surface area contributed by atoms with E-state index >= 15 is 0 Å². The molecule has 1 amide bonds. The van der Waals surface area contributed by atoms with Gasteiger partial charge in [-0.3, -0.25) is 9.69 Å². The quantitative estimate of drug-likeness (QED) is 0.357. The van der Waals surface area contributed by atoms with Crippen LogP contribution in [0.15, 0.2) is 66.4 Å². The molecule has 3 rings (SSSR count). The minimum absolute atomic E-state index is 0.0951. The number of hydrogen-bond acceptors (Lipinski definition) is 2. The minimum atomic E-state index is -0.503. The highest BCUT2D eigenvalue weighted by molar-refractivity contribution is 6.03. The molecule has 0 saturated carbocycles. The highest BCUT2D eigenvalue weighted by Gasteiger charge is 2.44. The number of nitrogens with zero attached hydrogens (tertiary/aromatic N) is 1. The zero-order chi connectivity index (χ0) is 28.0. The van der Waals surface area contributed by atoms with Gasteiger partial charge in [0.25, 0.3) is 5.91 Å². The smallest absolute Gasteiger partial charge is 0.262 e. The van der Waals surface area contributed by atoms with E-state index in [9.17, 15) is 13.6 Å². The van der Waals surface area contributed by atoms with E-state index in [1.165, 1.54) is 12.1 Å². The molecule has 3 nitrogen and oxygen atoms in total. The number of nitrogens with one attached hydrogen (secondary N) is 1. The van der Waals surface area contributed by atoms with Gasteiger partial charge in [-0.15, -0.1) is 0 Å². The van der Waals surface area contributed by atoms with E-state index in [-0.39, 0.29) is 11.6 Å². The molecule has 2 aromatic carbocycles. The van der Waals surface area contributed by atoms with Gasteiger partial charge in [0.15, 0.2) is 0 Å². The average Bonchev–Trinajstić information content (AvgIpc) is 2.87. The first-order valence-corrected chi connectivity index (χ1v) is 13.7. The summed E-state index contributed by atoms with van der Waals surface area (Å²) in [4.78, 5) is 15.4. The molecule has 1 aliphatic rings. The number of carbonyl (C=O) groups excluding carboxylic acids is 1. The topological polar surface area (TPSA) is 32.3 Å². The van der Waals surface area contributed by atoms with Crippen molar-refractivity contribution in [3.05, 3.63) is 89.2 Å². The Kier molecular flexibility index (Phi) is 13.9. The molecular weight excluding hydrogens is 466 g/mol. The molecular formula is C32H46F2N2O. The van der Waals surface area contributed by atoms with Crippen molar-refractivity contribution in [3.63, 3.8) is 0 Å². The van der Waals surface area contributed by atoms with Gasteiger partial charge in [0.05, 0.1) is 5.56 Å². The van der Waals surface area contributed by atoms with Crippen molar-refractivity contribution in [2.75, 3.05) is 5.32 Å². The highest BCUT2D eigenvalue weighted by atomic mass is 19.1. The fraction of sp³-hybridized carbons (Fsp3) is 0.469. The number of hydrogen-bond donors (Lipinski definition) is 1. The lowest BCUT2D eigenvalue weighted by Crippen LogP contribution is -2.59. The zero-order valence-electron chi connectivity index (χ0n) is 24.0. The van der Waals surface area contributed by atoms with Gasteiger partial charge in [-0.25, -0.2) is 8.78 Å². The van der Waals surface area contributed by atoms with Crippen molar-refractivity contribution in [2.45, 2.75) is 93.2 Å². The minimum Gasteiger partial charge on any atom is -0.362 e. The lowest BCUT2D eigenvalue weighted by Gasteiger charge is -2.49. The van der Waals surface area contributed by atoms with Gasteiger partial charge >= 0.3 is 0 Å². The summed E-state index contributed by atoms with van der Waals surface area (Å²) in [5.74, 6) is -0.465. The molecule has 0 saturated heterocycles. The normalized spacial score (nSPS) is 14.4. The van der Waals surface area contributed by atoms with Gasteiger partial charge in [0.2, 0.25) is 0 Å². The van der Waals surface area contributed by atoms with Gasteiger partial charge < -0.3 is 5.32 Å². The fourth-order valence-corrected chi connectivity index (χ4v) is 4.47. The molecule has 2 aromatic rings. The maximum Gasteiger partial charge on any atom is 0.262 e. The van der Waals surface area contributed by atoms with E-state index in [1.807, 2.05) is 62.9 Å². The first-order valence-electron chi connectivity index (χ1n) is 13.7. The van der Waals surface area contributed by atoms with Gasteiger partial charge in [-0.2, -0.15) is 0 Å². The lowest BCUT2D eigenvalue weighted by molar-refractivity contribution is 0.0582. The Labute approximate surface area is 223 Å². The van der Waals surface area contributed by atoms with E-state index in [4.69, 9.17) is 0 Å². The van der Waals surface area contributed by atoms with Crippen molar-refractivity contribution in [2.24, 2.45) is 5.92 Å². The molecule has 37 heavy (non-hydrogen) atoms. The molecule has 0 aliphatic carbocycles. The number of fused-ring (bicyclic) bond motifs is 1. The Morgan fingerprint density at radius 3 is 2.05 bits per heavy atom. The van der Waals surface area contributed by atoms with Crippen LogP contribution in [-0.2, 0) is 6.42 Å². The van der Waals surface area contributed by atoms with Crippen LogP contribution in [0.1, 0.15) is 97.0 Å². The predicted octanol–water partition coefficient (Wildman–Crippen LogP) is 9.52. The van der Waals surface area contributed by atoms with Crippen LogP contribution in [0.25, 0.3) is 0 Å². The summed E-state index contributed by atoms with van der Waals surface area (Å²) in [6, 6.07) is 11.4. The third-order valence-electron chi connectivity index (χ3n) is 6.02. The summed E-state index contributed by atoms with van der Waals surface area (Å²) in [5.41, 5.74) is 3.01. The molecule has 1 aliphatic heterocycles. The first-order chi connectivity index (χ1) is 17.7. The highest BCUT2D eigenvalue weighted by Crippen LogP contribution is 2.39. The monoisotopic (exact) mass is 512 g/mol. The summed E-state index contributed by atoms with van der Waals surface area (Å²) in [6.45, 7) is 16.5. The lowest BCUT2D eigenvalue weighted by atomic mass is 9.90. The SMILES string of the molecule is C/C=C(\C=C/C(C)C)N1C(=O)c2ccccc2NC1(CCC)CCC.CC.CCc1cc(F)cc(F)c1. The molecule has 0 aromatic heterocycles. The van der Waals surface area contributed by atoms with E-state index < -0.39 is 11.6 Å². The second kappa shape index (κ2) is 16.0. The molecule has 1 N–H and O–H groups in total. The Morgan fingerprint density at radius 2 is 1.57 bits per heavy atom. The van der Waals surface area contributed by atoms with Crippen LogP contribution in [-0.4, -0.2) is 16.5 Å². The largest absolute Gasteiger partial charge is 0.362 e. The number of aryl methyl sites for hydroxylation is 1. The second-order valence-corrected chi connectivity index (χ2v) is 9.29. The van der Waals surface area contributed by atoms with Gasteiger partial charge in [-0.05, 0) is 68.0 Å². The number of allylic oxidation sites excluding steroid dienone is 3. The molecule has 204 valence electrons. The number of carbonyl (C=O) groups is 1. The number of anilines is 1. The molecule has 0 spiro atoms.